The maximum Gasteiger partial charge on any atom is 0.260 e. The van der Waals surface area contributed by atoms with Crippen LogP contribution in [0.2, 0.25) is 0 Å². The second kappa shape index (κ2) is 8.62. The van der Waals surface area contributed by atoms with E-state index in [1.165, 1.54) is 18.2 Å². The molecule has 3 rings (SSSR count). The molecule has 1 aromatic heterocycles. The highest BCUT2D eigenvalue weighted by molar-refractivity contribution is 5.92. The van der Waals surface area contributed by atoms with Gasteiger partial charge >= 0.3 is 0 Å². The molecule has 7 heteroatoms. The monoisotopic (exact) mass is 371 g/mol. The van der Waals surface area contributed by atoms with Crippen LogP contribution in [0.15, 0.2) is 42.6 Å². The quantitative estimate of drug-likeness (QED) is 0.877. The van der Waals surface area contributed by atoms with Gasteiger partial charge in [0.1, 0.15) is 17.4 Å². The van der Waals surface area contributed by atoms with Crippen LogP contribution in [0.4, 0.5) is 10.2 Å². The van der Waals surface area contributed by atoms with Gasteiger partial charge < -0.3 is 15.0 Å². The minimum atomic E-state index is -0.417. The van der Waals surface area contributed by atoms with Gasteiger partial charge in [0.05, 0.1) is 5.92 Å². The number of nitrogens with zero attached hydrogens (tertiary/aromatic N) is 2. The highest BCUT2D eigenvalue weighted by atomic mass is 19.1. The Morgan fingerprint density at radius 3 is 2.93 bits per heavy atom. The average Bonchev–Trinajstić information content (AvgIpc) is 2.68. The number of nitrogens with one attached hydrogen (secondary N) is 1. The Morgan fingerprint density at radius 2 is 2.19 bits per heavy atom. The van der Waals surface area contributed by atoms with E-state index in [1.54, 1.807) is 23.2 Å². The second-order valence-electron chi connectivity index (χ2n) is 6.63. The molecule has 6 nitrogen and oxygen atoms in total. The molecule has 2 aromatic rings. The first-order valence-corrected chi connectivity index (χ1v) is 8.91. The zero-order valence-corrected chi connectivity index (χ0v) is 15.2. The number of hydrogen-bond donors (Lipinski definition) is 1. The van der Waals surface area contributed by atoms with Gasteiger partial charge in [-0.15, -0.1) is 0 Å². The molecule has 1 aromatic carbocycles. The van der Waals surface area contributed by atoms with Crippen LogP contribution in [0, 0.1) is 18.7 Å². The zero-order valence-electron chi connectivity index (χ0n) is 15.2. The Morgan fingerprint density at radius 1 is 1.33 bits per heavy atom. The first-order valence-electron chi connectivity index (χ1n) is 8.91. The van der Waals surface area contributed by atoms with Crippen LogP contribution < -0.4 is 10.1 Å². The summed E-state index contributed by atoms with van der Waals surface area (Å²) >= 11 is 0. The first-order chi connectivity index (χ1) is 13.0. The van der Waals surface area contributed by atoms with E-state index >= 15 is 0 Å². The number of piperidine rings is 1. The number of ether oxygens (including phenoxy) is 1. The maximum atomic E-state index is 13.2. The lowest BCUT2D eigenvalue weighted by Crippen LogP contribution is -2.45. The van der Waals surface area contributed by atoms with E-state index in [0.29, 0.717) is 31.1 Å². The van der Waals surface area contributed by atoms with E-state index in [4.69, 9.17) is 4.74 Å². The lowest BCUT2D eigenvalue weighted by molar-refractivity contribution is -0.136. The lowest BCUT2D eigenvalue weighted by Gasteiger charge is -2.32. The molecule has 2 heterocycles. The Kier molecular flexibility index (Phi) is 6.01. The minimum absolute atomic E-state index is 0.144. The van der Waals surface area contributed by atoms with Gasteiger partial charge in [0.25, 0.3) is 5.91 Å². The molecule has 1 aliphatic heterocycles. The number of hydrogen-bond acceptors (Lipinski definition) is 4. The maximum absolute atomic E-state index is 13.2. The summed E-state index contributed by atoms with van der Waals surface area (Å²) < 4.78 is 18.5. The Labute approximate surface area is 157 Å². The van der Waals surface area contributed by atoms with Gasteiger partial charge in [-0.05, 0) is 43.5 Å². The van der Waals surface area contributed by atoms with Crippen molar-refractivity contribution in [2.75, 3.05) is 25.0 Å². The SMILES string of the molecule is Cc1ccc(NC(=O)C2CCCN(C(=O)COc3cccc(F)c3)C2)nc1. The predicted molar refractivity (Wildman–Crippen MR) is 98.8 cm³/mol. The molecule has 1 saturated heterocycles. The molecular weight excluding hydrogens is 349 g/mol. The molecule has 1 atom stereocenters. The fourth-order valence-electron chi connectivity index (χ4n) is 2.98. The molecule has 1 fully saturated rings. The number of aromatic nitrogens is 1. The lowest BCUT2D eigenvalue weighted by atomic mass is 9.97. The molecule has 0 aliphatic carbocycles. The van der Waals surface area contributed by atoms with Crippen LogP contribution in [-0.2, 0) is 9.59 Å². The second-order valence-corrected chi connectivity index (χ2v) is 6.63. The fourth-order valence-corrected chi connectivity index (χ4v) is 2.98. The molecule has 2 amide bonds. The van der Waals surface area contributed by atoms with Crippen molar-refractivity contribution in [1.29, 1.82) is 0 Å². The van der Waals surface area contributed by atoms with Crippen LogP contribution >= 0.6 is 0 Å². The predicted octanol–water partition coefficient (Wildman–Crippen LogP) is 2.79. The van der Waals surface area contributed by atoms with Gasteiger partial charge in [-0.2, -0.15) is 0 Å². The molecule has 0 bridgehead atoms. The van der Waals surface area contributed by atoms with E-state index in [1.807, 2.05) is 13.0 Å². The van der Waals surface area contributed by atoms with E-state index in [0.717, 1.165) is 12.0 Å². The summed E-state index contributed by atoms with van der Waals surface area (Å²) in [7, 11) is 0. The smallest absolute Gasteiger partial charge is 0.260 e. The van der Waals surface area contributed by atoms with Crippen molar-refractivity contribution in [2.45, 2.75) is 19.8 Å². The fraction of sp³-hybridized carbons (Fsp3) is 0.350. The van der Waals surface area contributed by atoms with Crippen molar-refractivity contribution in [1.82, 2.24) is 9.88 Å². The van der Waals surface area contributed by atoms with Crippen LogP contribution in [0.25, 0.3) is 0 Å². The van der Waals surface area contributed by atoms with Crippen molar-refractivity contribution < 1.29 is 18.7 Å². The van der Waals surface area contributed by atoms with Crippen molar-refractivity contribution in [3.05, 3.63) is 54.0 Å². The Balaban J connectivity index is 1.52. The Hall–Kier alpha value is -2.96. The van der Waals surface area contributed by atoms with E-state index in [9.17, 15) is 14.0 Å². The van der Waals surface area contributed by atoms with Gasteiger partial charge in [-0.1, -0.05) is 12.1 Å². The average molecular weight is 371 g/mol. The van der Waals surface area contributed by atoms with Crippen LogP contribution in [0.3, 0.4) is 0 Å². The number of halogens is 1. The zero-order chi connectivity index (χ0) is 19.2. The number of aryl methyl sites for hydroxylation is 1. The van der Waals surface area contributed by atoms with Crippen molar-refractivity contribution >= 4 is 17.6 Å². The summed E-state index contributed by atoms with van der Waals surface area (Å²) in [5.41, 5.74) is 1.01. The normalized spacial score (nSPS) is 16.7. The topological polar surface area (TPSA) is 71.5 Å². The molecule has 1 aliphatic rings. The van der Waals surface area contributed by atoms with Crippen molar-refractivity contribution in [3.8, 4) is 5.75 Å². The number of carbonyl (C=O) groups is 2. The number of pyridine rings is 1. The summed E-state index contributed by atoms with van der Waals surface area (Å²) in [5.74, 6) is -0.261. The van der Waals surface area contributed by atoms with Crippen LogP contribution in [0.5, 0.6) is 5.75 Å². The van der Waals surface area contributed by atoms with Crippen molar-refractivity contribution in [2.24, 2.45) is 5.92 Å². The summed E-state index contributed by atoms with van der Waals surface area (Å²) in [4.78, 5) is 30.7. The van der Waals surface area contributed by atoms with Gasteiger partial charge in [-0.25, -0.2) is 9.37 Å². The van der Waals surface area contributed by atoms with E-state index < -0.39 is 5.82 Å². The number of rotatable bonds is 5. The molecule has 1 N–H and O–H groups in total. The summed E-state index contributed by atoms with van der Waals surface area (Å²) in [5, 5.41) is 2.80. The van der Waals surface area contributed by atoms with Gasteiger partial charge in [0, 0.05) is 25.4 Å². The standard InChI is InChI=1S/C20H22FN3O3/c1-14-7-8-18(22-11-14)23-20(26)15-4-3-9-24(12-15)19(25)13-27-17-6-2-5-16(21)10-17/h2,5-8,10-11,15H,3-4,9,12-13H2,1H3,(H,22,23,26). The third kappa shape index (κ3) is 5.26. The molecule has 27 heavy (non-hydrogen) atoms. The number of benzene rings is 1. The largest absolute Gasteiger partial charge is 0.484 e. The number of anilines is 1. The highest BCUT2D eigenvalue weighted by Gasteiger charge is 2.28. The van der Waals surface area contributed by atoms with E-state index in [-0.39, 0.29) is 24.3 Å². The number of amides is 2. The molecule has 142 valence electrons. The van der Waals surface area contributed by atoms with E-state index in [2.05, 4.69) is 10.3 Å². The molecular formula is C20H22FN3O3. The van der Waals surface area contributed by atoms with Crippen LogP contribution in [0.1, 0.15) is 18.4 Å². The molecule has 0 saturated carbocycles. The van der Waals surface area contributed by atoms with Gasteiger partial charge in [0.15, 0.2) is 6.61 Å². The third-order valence-corrected chi connectivity index (χ3v) is 4.47. The molecule has 1 unspecified atom stereocenters. The minimum Gasteiger partial charge on any atom is -0.484 e. The first kappa shape index (κ1) is 18.8. The number of carbonyl (C=O) groups excluding carboxylic acids is 2. The number of likely N-dealkylation sites (tertiary alicyclic amines) is 1. The Bertz CT molecular complexity index is 810. The summed E-state index contributed by atoms with van der Waals surface area (Å²) in [6, 6.07) is 9.29. The third-order valence-electron chi connectivity index (χ3n) is 4.47. The van der Waals surface area contributed by atoms with Crippen molar-refractivity contribution in [3.63, 3.8) is 0 Å². The molecule has 0 spiro atoms. The summed E-state index contributed by atoms with van der Waals surface area (Å²) in [6.45, 7) is 2.66. The van der Waals surface area contributed by atoms with Crippen LogP contribution in [-0.4, -0.2) is 41.4 Å². The van der Waals surface area contributed by atoms with Gasteiger partial charge in [0.2, 0.25) is 5.91 Å². The molecule has 0 radical (unpaired) electrons. The summed E-state index contributed by atoms with van der Waals surface area (Å²) in [6.07, 6.45) is 3.15. The highest BCUT2D eigenvalue weighted by Crippen LogP contribution is 2.19. The van der Waals surface area contributed by atoms with Gasteiger partial charge in [-0.3, -0.25) is 9.59 Å².